The summed E-state index contributed by atoms with van der Waals surface area (Å²) in [4.78, 5) is 20.0. The van der Waals surface area contributed by atoms with Crippen molar-refractivity contribution < 1.29 is 13.7 Å². The number of nitrogen functional groups attached to an aromatic ring is 1. The summed E-state index contributed by atoms with van der Waals surface area (Å²) in [6, 6.07) is 14.9. The fraction of sp³-hybridized carbons (Fsp3) is 0.296. The minimum atomic E-state index is -2.70. The fourth-order valence-corrected chi connectivity index (χ4v) is 5.89. The molecule has 0 saturated carbocycles. The quantitative estimate of drug-likeness (QED) is 0.536. The van der Waals surface area contributed by atoms with Crippen LogP contribution in [-0.4, -0.2) is 44.6 Å². The van der Waals surface area contributed by atoms with Crippen LogP contribution < -0.4 is 15.2 Å². The van der Waals surface area contributed by atoms with E-state index in [1.807, 2.05) is 52.0 Å². The molecule has 0 spiro atoms. The van der Waals surface area contributed by atoms with Gasteiger partial charge in [-0.15, -0.1) is 0 Å². The second kappa shape index (κ2) is 9.36. The molecule has 2 heterocycles. The number of carbonyl (C=O) groups excluding carboxylic acids is 1. The maximum absolute atomic E-state index is 13.5. The molecule has 2 aromatic carbocycles. The average molecular weight is 493 g/mol. The maximum atomic E-state index is 13.5. The van der Waals surface area contributed by atoms with Crippen LogP contribution in [0.3, 0.4) is 0 Å². The van der Waals surface area contributed by atoms with Gasteiger partial charge in [0.15, 0.2) is 0 Å². The molecule has 1 aliphatic heterocycles. The lowest BCUT2D eigenvalue weighted by molar-refractivity contribution is 0.0732. The number of carbonyl (C=O) groups is 1. The van der Waals surface area contributed by atoms with Crippen LogP contribution in [0.2, 0.25) is 0 Å². The number of benzene rings is 2. The van der Waals surface area contributed by atoms with Gasteiger partial charge in [-0.1, -0.05) is 6.07 Å². The zero-order valence-electron chi connectivity index (χ0n) is 20.6. The van der Waals surface area contributed by atoms with Crippen molar-refractivity contribution in [2.75, 3.05) is 18.9 Å². The van der Waals surface area contributed by atoms with Gasteiger partial charge in [0.2, 0.25) is 0 Å². The first-order chi connectivity index (χ1) is 16.4. The molecule has 3 aromatic rings. The molecule has 0 fully saturated rings. The molecule has 4 rings (SSSR count). The van der Waals surface area contributed by atoms with Gasteiger partial charge < -0.3 is 15.4 Å². The van der Waals surface area contributed by atoms with Gasteiger partial charge in [0.05, 0.1) is 16.3 Å². The van der Waals surface area contributed by atoms with Crippen LogP contribution in [-0.2, 0) is 16.3 Å². The Balaban J connectivity index is 1.59. The Bertz CT molecular complexity index is 1360. The lowest BCUT2D eigenvalue weighted by Gasteiger charge is -2.25. The van der Waals surface area contributed by atoms with E-state index in [0.29, 0.717) is 36.0 Å². The second-order valence-corrected chi connectivity index (χ2v) is 11.9. The molecule has 0 radical (unpaired) electrons. The third kappa shape index (κ3) is 5.66. The van der Waals surface area contributed by atoms with E-state index < -0.39 is 9.71 Å². The van der Waals surface area contributed by atoms with Gasteiger partial charge in [-0.2, -0.15) is 0 Å². The summed E-state index contributed by atoms with van der Waals surface area (Å²) in [7, 11) is -2.70. The van der Waals surface area contributed by atoms with Gasteiger partial charge in [-0.25, -0.2) is 13.9 Å². The number of fused-ring (bicyclic) bond motifs is 1. The Kier molecular flexibility index (Phi) is 6.62. The summed E-state index contributed by atoms with van der Waals surface area (Å²) in [6.07, 6.45) is 1.73. The highest BCUT2D eigenvalue weighted by molar-refractivity contribution is 7.98. The van der Waals surface area contributed by atoms with Crippen LogP contribution in [0.4, 0.5) is 5.82 Å². The van der Waals surface area contributed by atoms with Crippen LogP contribution >= 0.6 is 0 Å². The molecule has 8 heteroatoms. The zero-order chi connectivity index (χ0) is 25.4. The van der Waals surface area contributed by atoms with E-state index in [1.165, 1.54) is 0 Å². The first-order valence-electron chi connectivity index (χ1n) is 11.5. The standard InChI is InChI=1S/C27H32N4O3S/c1-18-14-22(35(5,33)30-27(2,3)4)8-9-23(18)26(32)31-12-13-34-24-10-6-19(15-21(24)17-31)20-7-11-25(28)29-16-20/h6-11,14-16H,5,12-13,17H2,1-4H3,(H2,28,29)(H,30,33). The van der Waals surface area contributed by atoms with E-state index in [1.54, 1.807) is 35.4 Å². The molecule has 1 atom stereocenters. The van der Waals surface area contributed by atoms with E-state index in [-0.39, 0.29) is 11.4 Å². The summed E-state index contributed by atoms with van der Waals surface area (Å²) in [6.45, 7) is 8.97. The molecule has 1 aliphatic rings. The molecular weight excluding hydrogens is 460 g/mol. The number of ether oxygens (including phenoxy) is 1. The van der Waals surface area contributed by atoms with Crippen molar-refractivity contribution in [3.63, 3.8) is 0 Å². The summed E-state index contributed by atoms with van der Waals surface area (Å²) < 4.78 is 22.2. The van der Waals surface area contributed by atoms with E-state index >= 15 is 0 Å². The molecule has 1 aromatic heterocycles. The molecule has 35 heavy (non-hydrogen) atoms. The lowest BCUT2D eigenvalue weighted by Crippen LogP contribution is -2.40. The van der Waals surface area contributed by atoms with E-state index in [9.17, 15) is 9.00 Å². The smallest absolute Gasteiger partial charge is 0.254 e. The van der Waals surface area contributed by atoms with Gasteiger partial charge in [-0.05, 0) is 87.2 Å². The molecule has 0 bridgehead atoms. The van der Waals surface area contributed by atoms with Gasteiger partial charge in [-0.3, -0.25) is 4.79 Å². The number of hydrogen-bond acceptors (Lipinski definition) is 5. The van der Waals surface area contributed by atoms with E-state index in [0.717, 1.165) is 28.0 Å². The number of anilines is 1. The number of aryl methyl sites for hydroxylation is 1. The van der Waals surface area contributed by atoms with Crippen molar-refractivity contribution in [2.45, 2.75) is 44.7 Å². The topological polar surface area (TPSA) is 97.5 Å². The average Bonchev–Trinajstić information content (AvgIpc) is 2.99. The Hall–Kier alpha value is -3.36. The predicted molar refractivity (Wildman–Crippen MR) is 142 cm³/mol. The maximum Gasteiger partial charge on any atom is 0.254 e. The molecule has 184 valence electrons. The van der Waals surface area contributed by atoms with Gasteiger partial charge in [0.25, 0.3) is 5.91 Å². The number of aromatic nitrogens is 1. The van der Waals surface area contributed by atoms with Gasteiger partial charge in [0.1, 0.15) is 18.2 Å². The van der Waals surface area contributed by atoms with E-state index in [4.69, 9.17) is 10.5 Å². The zero-order valence-corrected chi connectivity index (χ0v) is 21.4. The van der Waals surface area contributed by atoms with Crippen LogP contribution in [0.15, 0.2) is 59.6 Å². The van der Waals surface area contributed by atoms with Crippen LogP contribution in [0.1, 0.15) is 42.3 Å². The number of pyridine rings is 1. The predicted octanol–water partition coefficient (Wildman–Crippen LogP) is 4.05. The SMILES string of the molecule is C=S(=O)(NC(C)(C)C)c1ccc(C(=O)N2CCOc3ccc(-c4ccc(N)nc4)cc3C2)c(C)c1. The third-order valence-electron chi connectivity index (χ3n) is 5.73. The summed E-state index contributed by atoms with van der Waals surface area (Å²) in [5.74, 6) is 5.04. The fourth-order valence-electron chi connectivity index (χ4n) is 4.13. The third-order valence-corrected chi connectivity index (χ3v) is 7.68. The Morgan fingerprint density at radius 1 is 1.14 bits per heavy atom. The van der Waals surface area contributed by atoms with Crippen LogP contribution in [0.5, 0.6) is 5.75 Å². The number of amides is 1. The minimum absolute atomic E-state index is 0.0932. The number of nitrogens with zero attached hydrogens (tertiary/aromatic N) is 2. The number of hydrogen-bond donors (Lipinski definition) is 2. The highest BCUT2D eigenvalue weighted by Crippen LogP contribution is 2.30. The van der Waals surface area contributed by atoms with E-state index in [2.05, 4.69) is 15.6 Å². The number of nitrogens with one attached hydrogen (secondary N) is 1. The first kappa shape index (κ1) is 24.8. The Morgan fingerprint density at radius 2 is 1.89 bits per heavy atom. The van der Waals surface area contributed by atoms with Crippen LogP contribution in [0, 0.1) is 6.92 Å². The molecular formula is C27H32N4O3S. The highest BCUT2D eigenvalue weighted by atomic mass is 32.2. The van der Waals surface area contributed by atoms with Crippen molar-refractivity contribution in [3.8, 4) is 16.9 Å². The Labute approximate surface area is 207 Å². The number of rotatable bonds is 4. The van der Waals surface area contributed by atoms with Crippen LogP contribution in [0.25, 0.3) is 11.1 Å². The first-order valence-corrected chi connectivity index (χ1v) is 13.2. The van der Waals surface area contributed by atoms with Crippen molar-refractivity contribution in [1.82, 2.24) is 14.6 Å². The van der Waals surface area contributed by atoms with Crippen molar-refractivity contribution in [2.24, 2.45) is 0 Å². The molecule has 1 unspecified atom stereocenters. The summed E-state index contributed by atoms with van der Waals surface area (Å²) in [5, 5.41) is 0. The second-order valence-electron chi connectivity index (χ2n) is 9.87. The monoisotopic (exact) mass is 492 g/mol. The molecule has 3 N–H and O–H groups in total. The van der Waals surface area contributed by atoms with Crippen molar-refractivity contribution in [3.05, 3.63) is 71.4 Å². The van der Waals surface area contributed by atoms with Crippen molar-refractivity contribution >= 4 is 27.3 Å². The van der Waals surface area contributed by atoms with Gasteiger partial charge in [0, 0.05) is 39.9 Å². The normalized spacial score (nSPS) is 15.5. The minimum Gasteiger partial charge on any atom is -0.491 e. The number of nitrogens with two attached hydrogens (primary N) is 1. The van der Waals surface area contributed by atoms with Gasteiger partial charge >= 0.3 is 0 Å². The Morgan fingerprint density at radius 3 is 2.54 bits per heavy atom. The molecule has 0 aliphatic carbocycles. The summed E-state index contributed by atoms with van der Waals surface area (Å²) in [5.41, 5.74) is 9.53. The molecule has 7 nitrogen and oxygen atoms in total. The lowest BCUT2D eigenvalue weighted by atomic mass is 10.0. The largest absolute Gasteiger partial charge is 0.491 e. The highest BCUT2D eigenvalue weighted by Gasteiger charge is 2.24. The molecule has 1 amide bonds. The van der Waals surface area contributed by atoms with Crippen molar-refractivity contribution in [1.29, 1.82) is 0 Å². The molecule has 0 saturated heterocycles. The summed E-state index contributed by atoms with van der Waals surface area (Å²) >= 11 is 0.